The molecule has 4 heterocycles. The van der Waals surface area contributed by atoms with E-state index in [1.165, 1.54) is 0 Å². The Morgan fingerprint density at radius 1 is 1.00 bits per heavy atom. The third-order valence-corrected chi connectivity index (χ3v) is 5.37. The maximum absolute atomic E-state index is 13.0. The minimum absolute atomic E-state index is 0.0628. The third kappa shape index (κ3) is 3.12. The fraction of sp³-hybridized carbons (Fsp3) is 0.238. The van der Waals surface area contributed by atoms with Crippen LogP contribution in [0.1, 0.15) is 10.4 Å². The molecule has 4 aromatic rings. The minimum Gasteiger partial charge on any atom is -0.352 e. The number of aryl methyl sites for hydroxylation is 1. The van der Waals surface area contributed by atoms with Crippen molar-refractivity contribution in [3.8, 4) is 5.69 Å². The smallest absolute Gasteiger partial charge is 0.254 e. The Kier molecular flexibility index (Phi) is 4.23. The molecule has 1 fully saturated rings. The van der Waals surface area contributed by atoms with Gasteiger partial charge < -0.3 is 14.4 Å². The molecule has 0 saturated carbocycles. The highest BCUT2D eigenvalue weighted by Crippen LogP contribution is 2.23. The molecule has 8 nitrogen and oxygen atoms in total. The monoisotopic (exact) mass is 387 g/mol. The predicted octanol–water partition coefficient (Wildman–Crippen LogP) is 2.12. The Morgan fingerprint density at radius 3 is 2.59 bits per heavy atom. The second kappa shape index (κ2) is 7.05. The van der Waals surface area contributed by atoms with E-state index in [1.807, 2.05) is 65.3 Å². The summed E-state index contributed by atoms with van der Waals surface area (Å²) in [5.41, 5.74) is 2.51. The van der Waals surface area contributed by atoms with Crippen LogP contribution in [0.4, 0.5) is 5.82 Å². The molecule has 0 radical (unpaired) electrons. The molecule has 0 N–H and O–H groups in total. The van der Waals surface area contributed by atoms with Crippen molar-refractivity contribution in [3.05, 3.63) is 66.9 Å². The van der Waals surface area contributed by atoms with Gasteiger partial charge in [-0.15, -0.1) is 0 Å². The molecular formula is C21H21N7O. The van der Waals surface area contributed by atoms with Gasteiger partial charge in [0.15, 0.2) is 5.65 Å². The summed E-state index contributed by atoms with van der Waals surface area (Å²) in [6.07, 6.45) is 7.32. The highest BCUT2D eigenvalue weighted by molar-refractivity contribution is 5.95. The average molecular weight is 387 g/mol. The Hall–Kier alpha value is -3.68. The molecule has 1 amide bonds. The maximum atomic E-state index is 13.0. The Balaban J connectivity index is 1.32. The molecule has 1 aromatic carbocycles. The SMILES string of the molecule is Cn1ncc2c(N3CCN(C(=O)c4cccc(-n5cccc5)c4)CC3)ncnc21. The molecular weight excluding hydrogens is 366 g/mol. The molecule has 0 unspecified atom stereocenters. The number of nitrogens with zero attached hydrogens (tertiary/aromatic N) is 7. The summed E-state index contributed by atoms with van der Waals surface area (Å²) >= 11 is 0. The summed E-state index contributed by atoms with van der Waals surface area (Å²) in [4.78, 5) is 25.9. The molecule has 0 aliphatic carbocycles. The second-order valence-electron chi connectivity index (χ2n) is 7.12. The van der Waals surface area contributed by atoms with Crippen LogP contribution in [-0.2, 0) is 7.05 Å². The number of carbonyl (C=O) groups is 1. The molecule has 0 spiro atoms. The fourth-order valence-electron chi connectivity index (χ4n) is 3.81. The van der Waals surface area contributed by atoms with Crippen molar-refractivity contribution in [3.63, 3.8) is 0 Å². The predicted molar refractivity (Wildman–Crippen MR) is 110 cm³/mol. The number of aromatic nitrogens is 5. The number of hydrogen-bond donors (Lipinski definition) is 0. The van der Waals surface area contributed by atoms with Gasteiger partial charge in [-0.2, -0.15) is 5.10 Å². The van der Waals surface area contributed by atoms with E-state index in [4.69, 9.17) is 0 Å². The number of fused-ring (bicyclic) bond motifs is 1. The molecule has 29 heavy (non-hydrogen) atoms. The number of rotatable bonds is 3. The topological polar surface area (TPSA) is 72.1 Å². The number of amides is 1. The second-order valence-corrected chi connectivity index (χ2v) is 7.12. The Morgan fingerprint density at radius 2 is 1.79 bits per heavy atom. The Bertz CT molecular complexity index is 1160. The van der Waals surface area contributed by atoms with E-state index < -0.39 is 0 Å². The van der Waals surface area contributed by atoms with Crippen molar-refractivity contribution in [1.82, 2.24) is 29.2 Å². The lowest BCUT2D eigenvalue weighted by Crippen LogP contribution is -2.49. The van der Waals surface area contributed by atoms with Gasteiger partial charge in [0.1, 0.15) is 12.1 Å². The zero-order valence-electron chi connectivity index (χ0n) is 16.1. The summed E-state index contributed by atoms with van der Waals surface area (Å²) in [6.45, 7) is 2.75. The molecule has 5 rings (SSSR count). The van der Waals surface area contributed by atoms with E-state index in [2.05, 4.69) is 20.0 Å². The number of anilines is 1. The van der Waals surface area contributed by atoms with Gasteiger partial charge in [-0.3, -0.25) is 9.48 Å². The van der Waals surface area contributed by atoms with Gasteiger partial charge in [0, 0.05) is 56.9 Å². The van der Waals surface area contributed by atoms with Crippen LogP contribution in [0.2, 0.25) is 0 Å². The van der Waals surface area contributed by atoms with Crippen LogP contribution in [0.3, 0.4) is 0 Å². The van der Waals surface area contributed by atoms with Crippen LogP contribution < -0.4 is 4.90 Å². The first-order valence-electron chi connectivity index (χ1n) is 9.61. The van der Waals surface area contributed by atoms with Gasteiger partial charge in [-0.25, -0.2) is 9.97 Å². The molecule has 3 aromatic heterocycles. The van der Waals surface area contributed by atoms with Crippen LogP contribution in [-0.4, -0.2) is 61.3 Å². The molecule has 1 saturated heterocycles. The molecule has 1 aliphatic rings. The van der Waals surface area contributed by atoms with Crippen LogP contribution in [0.15, 0.2) is 61.3 Å². The van der Waals surface area contributed by atoms with E-state index >= 15 is 0 Å². The number of hydrogen-bond acceptors (Lipinski definition) is 5. The van der Waals surface area contributed by atoms with Crippen LogP contribution in [0, 0.1) is 0 Å². The summed E-state index contributed by atoms with van der Waals surface area (Å²) in [7, 11) is 1.87. The summed E-state index contributed by atoms with van der Waals surface area (Å²) in [6, 6.07) is 11.7. The average Bonchev–Trinajstić information content (AvgIpc) is 3.44. The van der Waals surface area contributed by atoms with Crippen molar-refractivity contribution < 1.29 is 4.79 Å². The first kappa shape index (κ1) is 17.4. The van der Waals surface area contributed by atoms with Crippen molar-refractivity contribution in [1.29, 1.82) is 0 Å². The lowest BCUT2D eigenvalue weighted by atomic mass is 10.1. The van der Waals surface area contributed by atoms with E-state index in [0.29, 0.717) is 18.7 Å². The maximum Gasteiger partial charge on any atom is 0.254 e. The number of carbonyl (C=O) groups excluding carboxylic acids is 1. The van der Waals surface area contributed by atoms with Crippen molar-refractivity contribution in [2.45, 2.75) is 0 Å². The summed E-state index contributed by atoms with van der Waals surface area (Å²) < 4.78 is 3.75. The summed E-state index contributed by atoms with van der Waals surface area (Å²) in [5, 5.41) is 5.22. The zero-order valence-corrected chi connectivity index (χ0v) is 16.1. The molecule has 146 valence electrons. The van der Waals surface area contributed by atoms with Gasteiger partial charge in [0.2, 0.25) is 0 Å². The summed E-state index contributed by atoms with van der Waals surface area (Å²) in [5.74, 6) is 0.942. The first-order valence-corrected chi connectivity index (χ1v) is 9.61. The van der Waals surface area contributed by atoms with E-state index in [0.717, 1.165) is 35.6 Å². The third-order valence-electron chi connectivity index (χ3n) is 5.37. The largest absolute Gasteiger partial charge is 0.352 e. The van der Waals surface area contributed by atoms with E-state index in [1.54, 1.807) is 17.2 Å². The molecule has 0 bridgehead atoms. The Labute approximate surface area is 168 Å². The highest BCUT2D eigenvalue weighted by atomic mass is 16.2. The lowest BCUT2D eigenvalue weighted by molar-refractivity contribution is 0.0746. The molecule has 0 atom stereocenters. The quantitative estimate of drug-likeness (QED) is 0.538. The van der Waals surface area contributed by atoms with Crippen molar-refractivity contribution >= 4 is 22.8 Å². The normalized spacial score (nSPS) is 14.5. The van der Waals surface area contributed by atoms with Crippen LogP contribution in [0.5, 0.6) is 0 Å². The van der Waals surface area contributed by atoms with Gasteiger partial charge in [-0.1, -0.05) is 6.07 Å². The first-order chi connectivity index (χ1) is 14.2. The van der Waals surface area contributed by atoms with E-state index in [-0.39, 0.29) is 5.91 Å². The van der Waals surface area contributed by atoms with Gasteiger partial charge >= 0.3 is 0 Å². The van der Waals surface area contributed by atoms with Gasteiger partial charge in [-0.05, 0) is 30.3 Å². The lowest BCUT2D eigenvalue weighted by Gasteiger charge is -2.35. The van der Waals surface area contributed by atoms with Gasteiger partial charge in [0.05, 0.1) is 11.6 Å². The molecule has 1 aliphatic heterocycles. The standard InChI is InChI=1S/C21H21N7O/c1-25-19-18(14-24-25)20(23-15-22-19)27-9-11-28(12-10-27)21(29)16-5-4-6-17(13-16)26-7-2-3-8-26/h2-8,13-15H,9-12H2,1H3. The van der Waals surface area contributed by atoms with Crippen LogP contribution in [0.25, 0.3) is 16.7 Å². The zero-order chi connectivity index (χ0) is 19.8. The highest BCUT2D eigenvalue weighted by Gasteiger charge is 2.24. The number of benzene rings is 1. The van der Waals surface area contributed by atoms with Crippen molar-refractivity contribution in [2.24, 2.45) is 7.05 Å². The fourth-order valence-corrected chi connectivity index (χ4v) is 3.81. The number of piperazine rings is 1. The minimum atomic E-state index is 0.0628. The van der Waals surface area contributed by atoms with Gasteiger partial charge in [0.25, 0.3) is 5.91 Å². The molecule has 8 heteroatoms. The van der Waals surface area contributed by atoms with Crippen molar-refractivity contribution in [2.75, 3.05) is 31.1 Å². The van der Waals surface area contributed by atoms with Crippen LogP contribution >= 0.6 is 0 Å². The van der Waals surface area contributed by atoms with E-state index in [9.17, 15) is 4.79 Å².